The van der Waals surface area contributed by atoms with Crippen molar-refractivity contribution < 1.29 is 9.47 Å². The van der Waals surface area contributed by atoms with Gasteiger partial charge in [-0.3, -0.25) is 0 Å². The van der Waals surface area contributed by atoms with Crippen molar-refractivity contribution in [2.45, 2.75) is 38.0 Å². The second kappa shape index (κ2) is 8.13. The molecule has 1 aliphatic carbocycles. The lowest BCUT2D eigenvalue weighted by Crippen LogP contribution is -2.09. The summed E-state index contributed by atoms with van der Waals surface area (Å²) in [4.78, 5) is 8.71. The van der Waals surface area contributed by atoms with Crippen molar-refractivity contribution in [2.24, 2.45) is 0 Å². The van der Waals surface area contributed by atoms with Gasteiger partial charge < -0.3 is 9.47 Å². The fraction of sp³-hybridized carbons (Fsp3) is 0.714. The van der Waals surface area contributed by atoms with Crippen LogP contribution in [0.1, 0.15) is 43.0 Å². The van der Waals surface area contributed by atoms with E-state index in [1.807, 2.05) is 0 Å². The smallest absolute Gasteiger partial charge is 0.137 e. The van der Waals surface area contributed by atoms with E-state index in [-0.39, 0.29) is 0 Å². The molecule has 1 aliphatic rings. The minimum atomic E-state index is 0.419. The summed E-state index contributed by atoms with van der Waals surface area (Å²) >= 11 is 12.6. The van der Waals surface area contributed by atoms with E-state index in [9.17, 15) is 0 Å². The average molecular weight is 319 g/mol. The zero-order chi connectivity index (χ0) is 14.4. The summed E-state index contributed by atoms with van der Waals surface area (Å²) < 4.78 is 10.3. The zero-order valence-electron chi connectivity index (χ0n) is 11.7. The number of methoxy groups -OCH3 is 1. The molecule has 2 rings (SSSR count). The Morgan fingerprint density at radius 1 is 1.05 bits per heavy atom. The molecular formula is C14H20Cl2N2O2. The lowest BCUT2D eigenvalue weighted by atomic mass is 10.0. The minimum Gasteiger partial charge on any atom is -0.382 e. The highest BCUT2D eigenvalue weighted by atomic mass is 35.5. The maximum Gasteiger partial charge on any atom is 0.137 e. The molecule has 1 aromatic heterocycles. The zero-order valence-corrected chi connectivity index (χ0v) is 13.2. The van der Waals surface area contributed by atoms with E-state index < -0.39 is 0 Å². The molecule has 6 heteroatoms. The summed E-state index contributed by atoms with van der Waals surface area (Å²) in [6.07, 6.45) is 5.32. The Morgan fingerprint density at radius 3 is 2.30 bits per heavy atom. The molecule has 0 aliphatic heterocycles. The number of hydrogen-bond acceptors (Lipinski definition) is 4. The Bertz CT molecular complexity index is 414. The van der Waals surface area contributed by atoms with Crippen LogP contribution in [0.5, 0.6) is 0 Å². The normalized spacial score (nSPS) is 15.9. The SMILES string of the molecule is COCCOCCc1nc(Cl)c(C2CCCC2)c(Cl)n1. The van der Waals surface area contributed by atoms with Crippen molar-refractivity contribution in [2.75, 3.05) is 26.9 Å². The van der Waals surface area contributed by atoms with Gasteiger partial charge >= 0.3 is 0 Å². The molecule has 0 atom stereocenters. The minimum absolute atomic E-state index is 0.419. The third-order valence-corrected chi connectivity index (χ3v) is 4.14. The van der Waals surface area contributed by atoms with E-state index in [1.165, 1.54) is 12.8 Å². The number of rotatable bonds is 7. The lowest BCUT2D eigenvalue weighted by molar-refractivity contribution is 0.0716. The van der Waals surface area contributed by atoms with Crippen LogP contribution in [0.4, 0.5) is 0 Å². The molecule has 0 saturated heterocycles. The van der Waals surface area contributed by atoms with Crippen molar-refractivity contribution in [3.8, 4) is 0 Å². The van der Waals surface area contributed by atoms with Gasteiger partial charge in [0, 0.05) is 19.1 Å². The Morgan fingerprint density at radius 2 is 1.70 bits per heavy atom. The van der Waals surface area contributed by atoms with Crippen LogP contribution in [0.15, 0.2) is 0 Å². The van der Waals surface area contributed by atoms with E-state index in [2.05, 4.69) is 9.97 Å². The fourth-order valence-corrected chi connectivity index (χ4v) is 3.26. The van der Waals surface area contributed by atoms with Gasteiger partial charge in [0.05, 0.1) is 19.8 Å². The van der Waals surface area contributed by atoms with Crippen LogP contribution < -0.4 is 0 Å². The van der Waals surface area contributed by atoms with Crippen LogP contribution in [0.3, 0.4) is 0 Å². The number of halogens is 2. The molecule has 1 aromatic rings. The number of ether oxygens (including phenoxy) is 2. The Labute approximate surface area is 129 Å². The van der Waals surface area contributed by atoms with Crippen LogP contribution in [0.2, 0.25) is 10.3 Å². The van der Waals surface area contributed by atoms with E-state index in [4.69, 9.17) is 32.7 Å². The summed E-state index contributed by atoms with van der Waals surface area (Å²) in [6.45, 7) is 1.69. The number of nitrogens with zero attached hydrogens (tertiary/aromatic N) is 2. The molecule has 4 nitrogen and oxygen atoms in total. The molecule has 0 bridgehead atoms. The predicted molar refractivity (Wildman–Crippen MR) is 79.7 cm³/mol. The average Bonchev–Trinajstić information content (AvgIpc) is 2.91. The molecule has 1 fully saturated rings. The van der Waals surface area contributed by atoms with Gasteiger partial charge in [0.2, 0.25) is 0 Å². The van der Waals surface area contributed by atoms with Crippen molar-refractivity contribution in [1.82, 2.24) is 9.97 Å². The molecule has 0 spiro atoms. The molecule has 0 amide bonds. The second-order valence-corrected chi connectivity index (χ2v) is 5.69. The quantitative estimate of drug-likeness (QED) is 0.568. The van der Waals surface area contributed by atoms with Gasteiger partial charge in [-0.15, -0.1) is 0 Å². The Kier molecular flexibility index (Phi) is 6.49. The molecule has 0 radical (unpaired) electrons. The van der Waals surface area contributed by atoms with Gasteiger partial charge in [-0.2, -0.15) is 0 Å². The van der Waals surface area contributed by atoms with Gasteiger partial charge in [0.1, 0.15) is 16.1 Å². The highest BCUT2D eigenvalue weighted by molar-refractivity contribution is 6.34. The third kappa shape index (κ3) is 4.29. The first-order valence-electron chi connectivity index (χ1n) is 7.01. The first kappa shape index (κ1) is 16.0. The third-order valence-electron chi connectivity index (χ3n) is 3.56. The second-order valence-electron chi connectivity index (χ2n) is 4.97. The first-order chi connectivity index (χ1) is 9.72. The Hall–Kier alpha value is -0.420. The molecular weight excluding hydrogens is 299 g/mol. The van der Waals surface area contributed by atoms with Crippen LogP contribution in [-0.4, -0.2) is 36.9 Å². The summed E-state index contributed by atoms with van der Waals surface area (Å²) in [6, 6.07) is 0. The summed E-state index contributed by atoms with van der Waals surface area (Å²) in [5.41, 5.74) is 0.926. The highest BCUT2D eigenvalue weighted by Gasteiger charge is 2.24. The van der Waals surface area contributed by atoms with Crippen molar-refractivity contribution in [3.63, 3.8) is 0 Å². The van der Waals surface area contributed by atoms with Gasteiger partial charge in [-0.25, -0.2) is 9.97 Å². The molecule has 0 unspecified atom stereocenters. The molecule has 0 aromatic carbocycles. The van der Waals surface area contributed by atoms with E-state index >= 15 is 0 Å². The van der Waals surface area contributed by atoms with E-state index in [0.29, 0.717) is 48.3 Å². The molecule has 112 valence electrons. The number of hydrogen-bond donors (Lipinski definition) is 0. The monoisotopic (exact) mass is 318 g/mol. The largest absolute Gasteiger partial charge is 0.382 e. The standard InChI is InChI=1S/C14H20Cl2N2O2/c1-19-8-9-20-7-6-11-17-13(15)12(14(16)18-11)10-4-2-3-5-10/h10H,2-9H2,1H3. The summed E-state index contributed by atoms with van der Waals surface area (Å²) in [5, 5.41) is 1.01. The number of aromatic nitrogens is 2. The van der Waals surface area contributed by atoms with E-state index in [1.54, 1.807) is 7.11 Å². The van der Waals surface area contributed by atoms with Gasteiger partial charge in [0.15, 0.2) is 0 Å². The molecule has 1 saturated carbocycles. The summed E-state index contributed by atoms with van der Waals surface area (Å²) in [7, 11) is 1.65. The fourth-order valence-electron chi connectivity index (χ4n) is 2.53. The van der Waals surface area contributed by atoms with Gasteiger partial charge in [-0.1, -0.05) is 36.0 Å². The van der Waals surface area contributed by atoms with Crippen LogP contribution >= 0.6 is 23.2 Å². The van der Waals surface area contributed by atoms with Gasteiger partial charge in [-0.05, 0) is 18.8 Å². The predicted octanol–water partition coefficient (Wildman–Crippen LogP) is 3.65. The lowest BCUT2D eigenvalue weighted by Gasteiger charge is -2.13. The van der Waals surface area contributed by atoms with Crippen LogP contribution in [-0.2, 0) is 15.9 Å². The van der Waals surface area contributed by atoms with Crippen molar-refractivity contribution >= 4 is 23.2 Å². The first-order valence-corrected chi connectivity index (χ1v) is 7.76. The van der Waals surface area contributed by atoms with Crippen molar-refractivity contribution in [1.29, 1.82) is 0 Å². The maximum absolute atomic E-state index is 6.28. The van der Waals surface area contributed by atoms with Crippen LogP contribution in [0.25, 0.3) is 0 Å². The summed E-state index contributed by atoms with van der Waals surface area (Å²) in [5.74, 6) is 1.06. The molecule has 1 heterocycles. The topological polar surface area (TPSA) is 44.2 Å². The van der Waals surface area contributed by atoms with E-state index in [0.717, 1.165) is 18.4 Å². The van der Waals surface area contributed by atoms with Crippen LogP contribution in [0, 0.1) is 0 Å². The maximum atomic E-state index is 6.28. The highest BCUT2D eigenvalue weighted by Crippen LogP contribution is 2.39. The molecule has 0 N–H and O–H groups in total. The van der Waals surface area contributed by atoms with Gasteiger partial charge in [0.25, 0.3) is 0 Å². The Balaban J connectivity index is 1.95. The van der Waals surface area contributed by atoms with Crippen molar-refractivity contribution in [3.05, 3.63) is 21.7 Å². The molecule has 20 heavy (non-hydrogen) atoms.